The fraction of sp³-hybridized carbons (Fsp3) is 0. The number of fused-ring (bicyclic) bond motifs is 1. The number of rotatable bonds is 1. The Morgan fingerprint density at radius 1 is 1.50 bits per heavy atom. The Balaban J connectivity index is 2.77. The summed E-state index contributed by atoms with van der Waals surface area (Å²) >= 11 is 0.878. The molecule has 72 valence electrons. The molecule has 2 aromatic rings. The molecule has 1 aromatic carbocycles. The second-order valence-electron chi connectivity index (χ2n) is 2.65. The van der Waals surface area contributed by atoms with Crippen molar-refractivity contribution >= 4 is 26.4 Å². The number of nitrogens with zero attached hydrogens (tertiary/aromatic N) is 1. The van der Waals surface area contributed by atoms with Crippen LogP contribution in [-0.4, -0.2) is 10.0 Å². The van der Waals surface area contributed by atoms with E-state index in [2.05, 4.69) is 0 Å². The zero-order valence-electron chi connectivity index (χ0n) is 6.73. The zero-order valence-corrected chi connectivity index (χ0v) is 7.55. The molecule has 1 aromatic heterocycles. The Hall–Kier alpha value is -1.69. The number of phenols is 1. The number of aromatic hydroxyl groups is 1. The molecule has 0 saturated heterocycles. The van der Waals surface area contributed by atoms with E-state index in [4.69, 9.17) is 5.11 Å². The number of thiophene rings is 1. The Bertz CT molecular complexity index is 523. The summed E-state index contributed by atoms with van der Waals surface area (Å²) in [6.45, 7) is 0. The van der Waals surface area contributed by atoms with Crippen LogP contribution in [0, 0.1) is 15.9 Å². The summed E-state index contributed by atoms with van der Waals surface area (Å²) in [5, 5.41) is 19.4. The summed E-state index contributed by atoms with van der Waals surface area (Å²) in [5.74, 6) is -1.31. The first-order chi connectivity index (χ1) is 6.59. The largest absolute Gasteiger partial charge is 0.505 e. The predicted octanol–water partition coefficient (Wildman–Crippen LogP) is 2.65. The minimum atomic E-state index is -0.813. The average molecular weight is 213 g/mol. The summed E-state index contributed by atoms with van der Waals surface area (Å²) in [6, 6.07) is 3.75. The normalized spacial score (nSPS) is 10.6. The summed E-state index contributed by atoms with van der Waals surface area (Å²) in [7, 11) is 0. The van der Waals surface area contributed by atoms with Gasteiger partial charge in [0.2, 0.25) is 0 Å². The molecule has 0 fully saturated rings. The van der Waals surface area contributed by atoms with Gasteiger partial charge in [0.05, 0.1) is 4.92 Å². The van der Waals surface area contributed by atoms with Crippen molar-refractivity contribution in [3.63, 3.8) is 0 Å². The van der Waals surface area contributed by atoms with Gasteiger partial charge in [0.25, 0.3) is 0 Å². The van der Waals surface area contributed by atoms with E-state index < -0.39 is 16.5 Å². The molecule has 0 saturated carbocycles. The van der Waals surface area contributed by atoms with Gasteiger partial charge in [0, 0.05) is 16.2 Å². The summed E-state index contributed by atoms with van der Waals surface area (Å²) < 4.78 is 13.7. The number of hydrogen-bond donors (Lipinski definition) is 1. The van der Waals surface area contributed by atoms with Gasteiger partial charge in [0.15, 0.2) is 11.6 Å². The monoisotopic (exact) mass is 213 g/mol. The molecule has 0 atom stereocenters. The molecule has 0 unspecified atom stereocenters. The molecule has 0 bridgehead atoms. The molecular weight excluding hydrogens is 209 g/mol. The van der Waals surface area contributed by atoms with Gasteiger partial charge >= 0.3 is 5.00 Å². The van der Waals surface area contributed by atoms with E-state index in [0.717, 1.165) is 17.4 Å². The molecular formula is C8H4FNO3S. The molecule has 0 aliphatic heterocycles. The van der Waals surface area contributed by atoms with Crippen LogP contribution in [0.1, 0.15) is 0 Å². The minimum absolute atomic E-state index is 0.0849. The van der Waals surface area contributed by atoms with Gasteiger partial charge in [-0.3, -0.25) is 10.1 Å². The fourth-order valence-corrected chi connectivity index (χ4v) is 2.01. The zero-order chi connectivity index (χ0) is 10.3. The maximum Gasteiger partial charge on any atom is 0.325 e. The lowest BCUT2D eigenvalue weighted by molar-refractivity contribution is -0.380. The first kappa shape index (κ1) is 8.89. The van der Waals surface area contributed by atoms with Crippen LogP contribution in [0.25, 0.3) is 10.1 Å². The van der Waals surface area contributed by atoms with Gasteiger partial charge in [-0.1, -0.05) is 11.3 Å². The lowest BCUT2D eigenvalue weighted by Gasteiger charge is -1.93. The van der Waals surface area contributed by atoms with E-state index in [9.17, 15) is 14.5 Å². The quantitative estimate of drug-likeness (QED) is 0.585. The van der Waals surface area contributed by atoms with Gasteiger partial charge in [-0.15, -0.1) is 0 Å². The van der Waals surface area contributed by atoms with Crippen LogP contribution in [0.2, 0.25) is 0 Å². The molecule has 2 rings (SSSR count). The van der Waals surface area contributed by atoms with Crippen LogP contribution < -0.4 is 0 Å². The van der Waals surface area contributed by atoms with Crippen molar-refractivity contribution < 1.29 is 14.4 Å². The molecule has 6 heteroatoms. The van der Waals surface area contributed by atoms with Crippen LogP contribution >= 0.6 is 11.3 Å². The predicted molar refractivity (Wildman–Crippen MR) is 50.1 cm³/mol. The molecule has 0 aliphatic rings. The van der Waals surface area contributed by atoms with Crippen molar-refractivity contribution in [3.05, 3.63) is 34.1 Å². The van der Waals surface area contributed by atoms with Crippen LogP contribution in [0.3, 0.4) is 0 Å². The maximum absolute atomic E-state index is 13.2. The van der Waals surface area contributed by atoms with Gasteiger partial charge in [-0.25, -0.2) is 4.39 Å². The lowest BCUT2D eigenvalue weighted by Crippen LogP contribution is -1.81. The van der Waals surface area contributed by atoms with Crippen molar-refractivity contribution in [2.75, 3.05) is 0 Å². The Labute approximate surface area is 81.4 Å². The second kappa shape index (κ2) is 2.91. The van der Waals surface area contributed by atoms with E-state index >= 15 is 0 Å². The topological polar surface area (TPSA) is 63.4 Å². The first-order valence-electron chi connectivity index (χ1n) is 3.65. The summed E-state index contributed by atoms with van der Waals surface area (Å²) in [5.41, 5.74) is 0. The average Bonchev–Trinajstić information content (AvgIpc) is 2.56. The molecule has 0 aliphatic carbocycles. The molecule has 0 radical (unpaired) electrons. The number of halogens is 1. The SMILES string of the molecule is O=[N+]([O-])c1cc2c(F)c(O)ccc2s1. The highest BCUT2D eigenvalue weighted by Gasteiger charge is 2.15. The molecule has 4 nitrogen and oxygen atoms in total. The number of phenolic OH excluding ortho intramolecular Hbond substituents is 1. The Morgan fingerprint density at radius 3 is 2.86 bits per heavy atom. The number of benzene rings is 1. The third-order valence-electron chi connectivity index (χ3n) is 1.78. The number of hydrogen-bond acceptors (Lipinski definition) is 4. The van der Waals surface area contributed by atoms with E-state index in [-0.39, 0.29) is 10.4 Å². The van der Waals surface area contributed by atoms with Crippen molar-refractivity contribution in [1.29, 1.82) is 0 Å². The highest BCUT2D eigenvalue weighted by molar-refractivity contribution is 7.22. The molecule has 0 amide bonds. The van der Waals surface area contributed by atoms with E-state index in [1.54, 1.807) is 0 Å². The van der Waals surface area contributed by atoms with Crippen LogP contribution in [0.5, 0.6) is 5.75 Å². The standard InChI is InChI=1S/C8H4FNO3S/c9-8-4-3-7(10(12)13)14-6(4)2-1-5(8)11/h1-3,11H. The van der Waals surface area contributed by atoms with E-state index in [0.29, 0.717) is 4.70 Å². The fourth-order valence-electron chi connectivity index (χ4n) is 1.14. The maximum atomic E-state index is 13.2. The molecule has 1 N–H and O–H groups in total. The molecule has 14 heavy (non-hydrogen) atoms. The minimum Gasteiger partial charge on any atom is -0.505 e. The Kier molecular flexibility index (Phi) is 1.85. The van der Waals surface area contributed by atoms with Crippen LogP contribution in [0.15, 0.2) is 18.2 Å². The second-order valence-corrected chi connectivity index (χ2v) is 3.71. The molecule has 1 heterocycles. The van der Waals surface area contributed by atoms with Gasteiger partial charge in [0.1, 0.15) is 0 Å². The summed E-state index contributed by atoms with van der Waals surface area (Å²) in [6.07, 6.45) is 0. The van der Waals surface area contributed by atoms with Gasteiger partial charge in [-0.05, 0) is 12.1 Å². The Morgan fingerprint density at radius 2 is 2.21 bits per heavy atom. The van der Waals surface area contributed by atoms with Gasteiger partial charge in [-0.2, -0.15) is 0 Å². The van der Waals surface area contributed by atoms with E-state index in [1.165, 1.54) is 12.1 Å². The third-order valence-corrected chi connectivity index (χ3v) is 2.83. The first-order valence-corrected chi connectivity index (χ1v) is 4.46. The number of nitro groups is 1. The summed E-state index contributed by atoms with van der Waals surface area (Å²) in [4.78, 5) is 9.82. The highest BCUT2D eigenvalue weighted by Crippen LogP contribution is 2.35. The van der Waals surface area contributed by atoms with Crippen LogP contribution in [-0.2, 0) is 0 Å². The third kappa shape index (κ3) is 1.20. The molecule has 0 spiro atoms. The highest BCUT2D eigenvalue weighted by atomic mass is 32.1. The smallest absolute Gasteiger partial charge is 0.325 e. The van der Waals surface area contributed by atoms with E-state index in [1.807, 2.05) is 0 Å². The van der Waals surface area contributed by atoms with Crippen molar-refractivity contribution in [2.45, 2.75) is 0 Å². The van der Waals surface area contributed by atoms with Crippen LogP contribution in [0.4, 0.5) is 9.39 Å². The van der Waals surface area contributed by atoms with Crippen molar-refractivity contribution in [1.82, 2.24) is 0 Å². The lowest BCUT2D eigenvalue weighted by atomic mass is 10.2. The van der Waals surface area contributed by atoms with Crippen molar-refractivity contribution in [3.8, 4) is 5.75 Å². The van der Waals surface area contributed by atoms with Crippen molar-refractivity contribution in [2.24, 2.45) is 0 Å². The van der Waals surface area contributed by atoms with Gasteiger partial charge < -0.3 is 5.11 Å².